The van der Waals surface area contributed by atoms with E-state index in [4.69, 9.17) is 16.6 Å². The molecule has 0 aromatic carbocycles. The Hall–Kier alpha value is -2.16. The Morgan fingerprint density at radius 1 is 1.32 bits per heavy atom. The zero-order valence-corrected chi connectivity index (χ0v) is 10.4. The number of aliphatic carboxylic acids is 1. The average molecular weight is 275 g/mol. The molecule has 0 fully saturated rings. The molecule has 108 valence electrons. The minimum atomic E-state index is -1.62. The number of primary amides is 1. The number of nitrogens with one attached hydrogen (secondary N) is 1. The molecule has 0 rings (SSSR count). The fraction of sp³-hybridized carbons (Fsp3) is 0.600. The van der Waals surface area contributed by atoms with E-state index in [1.54, 1.807) is 0 Å². The van der Waals surface area contributed by atoms with E-state index in [2.05, 4.69) is 4.74 Å². The number of carboxylic acid groups (broad SMARTS) is 1. The molecule has 0 aliphatic carbocycles. The van der Waals surface area contributed by atoms with Gasteiger partial charge in [-0.25, -0.2) is 9.59 Å². The first-order valence-electron chi connectivity index (χ1n) is 5.53. The van der Waals surface area contributed by atoms with Gasteiger partial charge in [-0.2, -0.15) is 0 Å². The summed E-state index contributed by atoms with van der Waals surface area (Å²) in [5.74, 6) is -4.00. The van der Waals surface area contributed by atoms with Crippen molar-refractivity contribution in [3.8, 4) is 0 Å². The summed E-state index contributed by atoms with van der Waals surface area (Å²) in [5, 5.41) is 10.9. The van der Waals surface area contributed by atoms with E-state index in [9.17, 15) is 19.2 Å². The van der Waals surface area contributed by atoms with Crippen molar-refractivity contribution in [2.45, 2.75) is 31.8 Å². The number of ether oxygens (including phenoxy) is 1. The van der Waals surface area contributed by atoms with Crippen LogP contribution in [-0.2, 0) is 23.9 Å². The van der Waals surface area contributed by atoms with Crippen molar-refractivity contribution in [2.24, 2.45) is 11.5 Å². The minimum absolute atomic E-state index is 0.0455. The number of rotatable bonds is 8. The number of amides is 2. The van der Waals surface area contributed by atoms with Crippen LogP contribution < -0.4 is 16.8 Å². The van der Waals surface area contributed by atoms with Gasteiger partial charge in [0.1, 0.15) is 6.04 Å². The molecule has 9 nitrogen and oxygen atoms in total. The third-order valence-corrected chi connectivity index (χ3v) is 2.12. The Labute approximate surface area is 109 Å². The van der Waals surface area contributed by atoms with Crippen molar-refractivity contribution in [3.63, 3.8) is 0 Å². The Bertz CT molecular complexity index is 370. The van der Waals surface area contributed by atoms with Crippen LogP contribution >= 0.6 is 0 Å². The molecule has 0 aliphatic rings. The lowest BCUT2D eigenvalue weighted by atomic mass is 10.1. The van der Waals surface area contributed by atoms with Gasteiger partial charge in [0, 0.05) is 6.42 Å². The molecule has 0 saturated heterocycles. The molecule has 6 N–H and O–H groups in total. The third kappa shape index (κ3) is 6.36. The van der Waals surface area contributed by atoms with Crippen LogP contribution in [0.4, 0.5) is 0 Å². The number of carbonyl (C=O) groups is 4. The van der Waals surface area contributed by atoms with Gasteiger partial charge in [-0.15, -0.1) is 0 Å². The highest BCUT2D eigenvalue weighted by atomic mass is 16.5. The lowest BCUT2D eigenvalue weighted by Crippen LogP contribution is -2.52. The van der Waals surface area contributed by atoms with Crippen LogP contribution in [0.3, 0.4) is 0 Å². The Morgan fingerprint density at radius 2 is 1.89 bits per heavy atom. The highest BCUT2D eigenvalue weighted by Gasteiger charge is 2.28. The first-order valence-corrected chi connectivity index (χ1v) is 5.53. The normalized spacial score (nSPS) is 13.2. The van der Waals surface area contributed by atoms with E-state index < -0.39 is 35.8 Å². The number of carbonyl (C=O) groups excluding carboxylic acids is 3. The fourth-order valence-corrected chi connectivity index (χ4v) is 1.14. The van der Waals surface area contributed by atoms with Crippen LogP contribution in [0.25, 0.3) is 0 Å². The molecule has 0 heterocycles. The van der Waals surface area contributed by atoms with Crippen LogP contribution in [0.1, 0.15) is 19.8 Å². The maximum atomic E-state index is 11.5. The summed E-state index contributed by atoms with van der Waals surface area (Å²) in [6.45, 7) is 1.58. The van der Waals surface area contributed by atoms with E-state index in [1.807, 2.05) is 5.32 Å². The molecule has 9 heteroatoms. The van der Waals surface area contributed by atoms with Crippen LogP contribution in [0, 0.1) is 0 Å². The second-order valence-corrected chi connectivity index (χ2v) is 3.63. The van der Waals surface area contributed by atoms with E-state index in [0.29, 0.717) is 0 Å². The molecule has 0 aromatic rings. The molecule has 0 radical (unpaired) electrons. The standard InChI is InChI=1S/C10H17N3O6/c1-2-19-10(18)7(12)8(15)13-5(9(16)17)3-4-6(11)14/h5,7H,2-4,12H2,1H3,(H2,11,14)(H,13,15)(H,16,17)/t5-,7?/m1/s1. The van der Waals surface area contributed by atoms with Gasteiger partial charge >= 0.3 is 11.9 Å². The van der Waals surface area contributed by atoms with E-state index in [0.717, 1.165) is 0 Å². The number of hydrogen-bond donors (Lipinski definition) is 4. The van der Waals surface area contributed by atoms with Crippen LogP contribution in [0.2, 0.25) is 0 Å². The van der Waals surface area contributed by atoms with E-state index >= 15 is 0 Å². The van der Waals surface area contributed by atoms with E-state index in [1.165, 1.54) is 6.92 Å². The van der Waals surface area contributed by atoms with Gasteiger partial charge in [0.15, 0.2) is 6.04 Å². The maximum Gasteiger partial charge on any atom is 0.332 e. The van der Waals surface area contributed by atoms with Crippen LogP contribution in [0.15, 0.2) is 0 Å². The zero-order chi connectivity index (χ0) is 15.0. The van der Waals surface area contributed by atoms with Gasteiger partial charge in [0.05, 0.1) is 6.61 Å². The first-order chi connectivity index (χ1) is 8.79. The van der Waals surface area contributed by atoms with Crippen molar-refractivity contribution in [1.29, 1.82) is 0 Å². The second kappa shape index (κ2) is 8.03. The van der Waals surface area contributed by atoms with Gasteiger partial charge < -0.3 is 26.6 Å². The number of carboxylic acids is 1. The second-order valence-electron chi connectivity index (χ2n) is 3.63. The molecule has 0 aliphatic heterocycles. The van der Waals surface area contributed by atoms with Crippen molar-refractivity contribution >= 4 is 23.8 Å². The lowest BCUT2D eigenvalue weighted by molar-refractivity contribution is -0.150. The van der Waals surface area contributed by atoms with Crippen molar-refractivity contribution in [1.82, 2.24) is 5.32 Å². The Kier molecular flexibility index (Phi) is 7.12. The van der Waals surface area contributed by atoms with Gasteiger partial charge in [0.2, 0.25) is 11.8 Å². The molecule has 2 amide bonds. The summed E-state index contributed by atoms with van der Waals surface area (Å²) in [7, 11) is 0. The van der Waals surface area contributed by atoms with Crippen molar-refractivity contribution in [3.05, 3.63) is 0 Å². The summed E-state index contributed by atoms with van der Waals surface area (Å²) < 4.78 is 4.52. The molecule has 0 spiro atoms. The Morgan fingerprint density at radius 3 is 2.32 bits per heavy atom. The monoisotopic (exact) mass is 275 g/mol. The van der Waals surface area contributed by atoms with E-state index in [-0.39, 0.29) is 19.4 Å². The predicted molar refractivity (Wildman–Crippen MR) is 62.6 cm³/mol. The lowest BCUT2D eigenvalue weighted by Gasteiger charge is -2.16. The first kappa shape index (κ1) is 16.8. The molecule has 0 aromatic heterocycles. The SMILES string of the molecule is CCOC(=O)C(N)C(=O)N[C@H](CCC(N)=O)C(=O)O. The quantitative estimate of drug-likeness (QED) is 0.286. The highest BCUT2D eigenvalue weighted by Crippen LogP contribution is 1.98. The topological polar surface area (TPSA) is 162 Å². The molecule has 0 bridgehead atoms. The molecule has 0 saturated carbocycles. The van der Waals surface area contributed by atoms with Gasteiger partial charge in [0.25, 0.3) is 0 Å². The van der Waals surface area contributed by atoms with Crippen LogP contribution in [-0.4, -0.2) is 47.6 Å². The molecule has 2 atom stereocenters. The summed E-state index contributed by atoms with van der Waals surface area (Å²) in [4.78, 5) is 44.1. The molecular formula is C10H17N3O6. The average Bonchev–Trinajstić information content (AvgIpc) is 2.32. The summed E-state index contributed by atoms with van der Waals surface area (Å²) in [6, 6.07) is -2.96. The van der Waals surface area contributed by atoms with Gasteiger partial charge in [-0.3, -0.25) is 9.59 Å². The smallest absolute Gasteiger partial charge is 0.332 e. The summed E-state index contributed by atoms with van der Waals surface area (Å²) in [5.41, 5.74) is 10.2. The fourth-order valence-electron chi connectivity index (χ4n) is 1.14. The summed E-state index contributed by atoms with van der Waals surface area (Å²) in [6.07, 6.45) is -0.405. The van der Waals surface area contributed by atoms with Crippen LogP contribution in [0.5, 0.6) is 0 Å². The molecule has 1 unspecified atom stereocenters. The summed E-state index contributed by atoms with van der Waals surface area (Å²) >= 11 is 0. The van der Waals surface area contributed by atoms with Gasteiger partial charge in [-0.05, 0) is 13.3 Å². The predicted octanol–water partition coefficient (Wildman–Crippen LogP) is -2.29. The van der Waals surface area contributed by atoms with Crippen molar-refractivity contribution < 1.29 is 29.0 Å². The highest BCUT2D eigenvalue weighted by molar-refractivity contribution is 6.02. The zero-order valence-electron chi connectivity index (χ0n) is 10.4. The third-order valence-electron chi connectivity index (χ3n) is 2.12. The number of esters is 1. The number of hydrogen-bond acceptors (Lipinski definition) is 6. The number of nitrogens with two attached hydrogens (primary N) is 2. The Balaban J connectivity index is 4.50. The van der Waals surface area contributed by atoms with Gasteiger partial charge in [-0.1, -0.05) is 0 Å². The minimum Gasteiger partial charge on any atom is -0.480 e. The molecule has 19 heavy (non-hydrogen) atoms. The van der Waals surface area contributed by atoms with Crippen molar-refractivity contribution in [2.75, 3.05) is 6.61 Å². The molecular weight excluding hydrogens is 258 g/mol. The largest absolute Gasteiger partial charge is 0.480 e. The maximum absolute atomic E-state index is 11.5.